The Balaban J connectivity index is 1.54. The molecule has 1 fully saturated rings. The molecule has 0 radical (unpaired) electrons. The summed E-state index contributed by atoms with van der Waals surface area (Å²) in [5.41, 5.74) is 3.13. The second-order valence-electron chi connectivity index (χ2n) is 9.81. The van der Waals surface area contributed by atoms with E-state index in [0.29, 0.717) is 35.0 Å². The molecule has 2 aromatic carbocycles. The van der Waals surface area contributed by atoms with Crippen LogP contribution in [-0.2, 0) is 13.1 Å². The average Bonchev–Trinajstić information content (AvgIpc) is 3.42. The smallest absolute Gasteiger partial charge is 0.283 e. The minimum Gasteiger partial charge on any atom is -0.312 e. The minimum absolute atomic E-state index is 0.0535. The third-order valence-corrected chi connectivity index (χ3v) is 8.40. The van der Waals surface area contributed by atoms with E-state index in [9.17, 15) is 9.59 Å². The summed E-state index contributed by atoms with van der Waals surface area (Å²) < 4.78 is 6.41. The van der Waals surface area contributed by atoms with Crippen molar-refractivity contribution in [1.82, 2.24) is 23.8 Å². The monoisotopic (exact) mass is 499 g/mol. The third-order valence-electron chi connectivity index (χ3n) is 7.39. The van der Waals surface area contributed by atoms with Crippen LogP contribution in [0.3, 0.4) is 0 Å². The highest BCUT2D eigenvalue weighted by Gasteiger charge is 2.24. The number of thiazole rings is 1. The van der Waals surface area contributed by atoms with Crippen molar-refractivity contribution in [2.24, 2.45) is 5.92 Å². The largest absolute Gasteiger partial charge is 0.312 e. The Bertz CT molecular complexity index is 1640. The lowest BCUT2D eigenvalue weighted by atomic mass is 9.97. The van der Waals surface area contributed by atoms with Crippen LogP contribution >= 0.6 is 11.3 Å². The zero-order valence-electron chi connectivity index (χ0n) is 20.6. The Kier molecular flexibility index (Phi) is 5.85. The van der Waals surface area contributed by atoms with E-state index in [4.69, 9.17) is 4.98 Å². The summed E-state index contributed by atoms with van der Waals surface area (Å²) in [5, 5.41) is 1.21. The van der Waals surface area contributed by atoms with E-state index in [-0.39, 0.29) is 11.1 Å². The first-order valence-electron chi connectivity index (χ1n) is 12.4. The molecule has 0 spiro atoms. The molecule has 184 valence electrons. The van der Waals surface area contributed by atoms with Crippen molar-refractivity contribution in [2.75, 3.05) is 20.1 Å². The Morgan fingerprint density at radius 2 is 1.72 bits per heavy atom. The van der Waals surface area contributed by atoms with E-state index in [2.05, 4.69) is 11.9 Å². The fraction of sp³-hybridized carbons (Fsp3) is 0.321. The number of likely N-dealkylation sites (tertiary alicyclic amines) is 1. The number of hydrogen-bond acceptors (Lipinski definition) is 5. The van der Waals surface area contributed by atoms with Gasteiger partial charge in [-0.15, -0.1) is 0 Å². The summed E-state index contributed by atoms with van der Waals surface area (Å²) in [6.45, 7) is 5.11. The number of benzene rings is 2. The number of piperidine rings is 1. The van der Waals surface area contributed by atoms with Crippen molar-refractivity contribution in [3.8, 4) is 5.13 Å². The van der Waals surface area contributed by atoms with Crippen molar-refractivity contribution >= 4 is 32.5 Å². The summed E-state index contributed by atoms with van der Waals surface area (Å²) in [6.07, 6.45) is 2.12. The highest BCUT2D eigenvalue weighted by Crippen LogP contribution is 2.27. The summed E-state index contributed by atoms with van der Waals surface area (Å²) in [4.78, 5) is 34.5. The number of nitrogens with zero attached hydrogens (tertiary/aromatic N) is 5. The maximum atomic E-state index is 14.0. The van der Waals surface area contributed by atoms with Gasteiger partial charge in [-0.05, 0) is 63.5 Å². The Labute approximate surface area is 212 Å². The molecule has 0 N–H and O–H groups in total. The Morgan fingerprint density at radius 3 is 2.47 bits per heavy atom. The van der Waals surface area contributed by atoms with Crippen LogP contribution < -0.4 is 11.1 Å². The number of hydrogen-bond donors (Lipinski definition) is 0. The number of aryl methyl sites for hydroxylation is 1. The molecule has 7 nitrogen and oxygen atoms in total. The van der Waals surface area contributed by atoms with Gasteiger partial charge < -0.3 is 9.47 Å². The van der Waals surface area contributed by atoms with Crippen LogP contribution in [0.5, 0.6) is 0 Å². The standard InChI is InChI=1S/C28H29N5O2S/c1-19-26-23(16-25(34)31(19)17-21-12-14-30(2)15-13-21)32(18-20-8-4-3-5-9-20)33(27(26)35)28-29-22-10-6-7-11-24(22)36-28/h3-11,16,21H,12-15,17-18H2,1-2H3. The molecule has 1 saturated heterocycles. The van der Waals surface area contributed by atoms with Crippen LogP contribution in [0.2, 0.25) is 0 Å². The van der Waals surface area contributed by atoms with E-state index in [1.54, 1.807) is 10.7 Å². The topological polar surface area (TPSA) is 65.1 Å². The van der Waals surface area contributed by atoms with Crippen molar-refractivity contribution in [2.45, 2.75) is 32.9 Å². The van der Waals surface area contributed by atoms with Gasteiger partial charge in [-0.3, -0.25) is 14.3 Å². The first-order chi connectivity index (χ1) is 17.5. The van der Waals surface area contributed by atoms with Gasteiger partial charge in [0.1, 0.15) is 0 Å². The third kappa shape index (κ3) is 4.00. The van der Waals surface area contributed by atoms with Crippen molar-refractivity contribution in [3.63, 3.8) is 0 Å². The lowest BCUT2D eigenvalue weighted by molar-refractivity contribution is 0.203. The van der Waals surface area contributed by atoms with Crippen molar-refractivity contribution in [1.29, 1.82) is 0 Å². The molecule has 0 saturated carbocycles. The van der Waals surface area contributed by atoms with Gasteiger partial charge >= 0.3 is 0 Å². The zero-order chi connectivity index (χ0) is 24.8. The summed E-state index contributed by atoms with van der Waals surface area (Å²) in [6, 6.07) is 19.6. The fourth-order valence-electron chi connectivity index (χ4n) is 5.33. The van der Waals surface area contributed by atoms with Crippen LogP contribution in [0.25, 0.3) is 26.3 Å². The SMILES string of the molecule is Cc1c2c(=O)n(-c3nc4ccccc4s3)n(Cc3ccccc3)c2cc(=O)n1CC1CCN(C)CC1. The number of pyridine rings is 1. The van der Waals surface area contributed by atoms with Crippen LogP contribution in [0.1, 0.15) is 24.1 Å². The maximum Gasteiger partial charge on any atom is 0.283 e. The number of rotatable bonds is 5. The van der Waals surface area contributed by atoms with E-state index < -0.39 is 0 Å². The summed E-state index contributed by atoms with van der Waals surface area (Å²) >= 11 is 1.49. The Morgan fingerprint density at radius 1 is 1.00 bits per heavy atom. The molecular weight excluding hydrogens is 470 g/mol. The highest BCUT2D eigenvalue weighted by atomic mass is 32.1. The van der Waals surface area contributed by atoms with Crippen LogP contribution in [0.4, 0.5) is 0 Å². The lowest BCUT2D eigenvalue weighted by Crippen LogP contribution is -2.34. The fourth-order valence-corrected chi connectivity index (χ4v) is 6.30. The molecule has 0 atom stereocenters. The molecule has 4 heterocycles. The molecule has 0 bridgehead atoms. The normalized spacial score (nSPS) is 15.3. The zero-order valence-corrected chi connectivity index (χ0v) is 21.4. The van der Waals surface area contributed by atoms with Crippen LogP contribution in [0.15, 0.2) is 70.3 Å². The second kappa shape index (κ2) is 9.19. The van der Waals surface area contributed by atoms with Gasteiger partial charge in [0.2, 0.25) is 5.13 Å². The minimum atomic E-state index is -0.130. The molecule has 0 aliphatic carbocycles. The van der Waals surface area contributed by atoms with Gasteiger partial charge in [-0.1, -0.05) is 53.8 Å². The van der Waals surface area contributed by atoms with Gasteiger partial charge in [-0.25, -0.2) is 4.98 Å². The summed E-state index contributed by atoms with van der Waals surface area (Å²) in [7, 11) is 2.14. The molecule has 3 aromatic heterocycles. The molecular formula is C28H29N5O2S. The van der Waals surface area contributed by atoms with Crippen molar-refractivity contribution in [3.05, 3.63) is 92.6 Å². The van der Waals surface area contributed by atoms with E-state index in [1.807, 2.05) is 70.8 Å². The predicted octanol–water partition coefficient (Wildman–Crippen LogP) is 4.26. The number of para-hydroxylation sites is 1. The average molecular weight is 500 g/mol. The molecule has 36 heavy (non-hydrogen) atoms. The quantitative estimate of drug-likeness (QED) is 0.362. The highest BCUT2D eigenvalue weighted by molar-refractivity contribution is 7.20. The van der Waals surface area contributed by atoms with E-state index >= 15 is 0 Å². The molecule has 1 aliphatic rings. The molecule has 0 amide bonds. The molecule has 5 aromatic rings. The second-order valence-corrected chi connectivity index (χ2v) is 10.8. The number of fused-ring (bicyclic) bond motifs is 2. The predicted molar refractivity (Wildman–Crippen MR) is 145 cm³/mol. The van der Waals surface area contributed by atoms with E-state index in [1.165, 1.54) is 11.3 Å². The number of aromatic nitrogens is 4. The molecule has 1 aliphatic heterocycles. The van der Waals surface area contributed by atoms with Gasteiger partial charge in [-0.2, -0.15) is 4.68 Å². The summed E-state index contributed by atoms with van der Waals surface area (Å²) in [5.74, 6) is 0.438. The van der Waals surface area contributed by atoms with Gasteiger partial charge in [0.05, 0.1) is 27.7 Å². The van der Waals surface area contributed by atoms with Crippen molar-refractivity contribution < 1.29 is 0 Å². The first-order valence-corrected chi connectivity index (χ1v) is 13.3. The molecule has 6 rings (SSSR count). The first kappa shape index (κ1) is 22.9. The van der Waals surface area contributed by atoms with Gasteiger partial charge in [0, 0.05) is 18.3 Å². The van der Waals surface area contributed by atoms with Gasteiger partial charge in [0.15, 0.2) is 0 Å². The molecule has 8 heteroatoms. The maximum absolute atomic E-state index is 14.0. The van der Waals surface area contributed by atoms with Crippen LogP contribution in [-0.4, -0.2) is 44.0 Å². The van der Waals surface area contributed by atoms with E-state index in [0.717, 1.165) is 47.4 Å². The van der Waals surface area contributed by atoms with Gasteiger partial charge in [0.25, 0.3) is 11.1 Å². The lowest BCUT2D eigenvalue weighted by Gasteiger charge is -2.29. The van der Waals surface area contributed by atoms with Crippen LogP contribution in [0, 0.1) is 12.8 Å². The Hall–Kier alpha value is -3.49. The molecule has 0 unspecified atom stereocenters.